The number of carbonyl (C=O) groups is 2. The van der Waals surface area contributed by atoms with Gasteiger partial charge in [0.1, 0.15) is 28.5 Å². The summed E-state index contributed by atoms with van der Waals surface area (Å²) in [4.78, 5) is 25.6. The quantitative estimate of drug-likeness (QED) is 0.350. The molecule has 9 nitrogen and oxygen atoms in total. The molecule has 0 bridgehead atoms. The van der Waals surface area contributed by atoms with E-state index in [0.717, 1.165) is 5.69 Å². The molecule has 0 saturated heterocycles. The van der Waals surface area contributed by atoms with Crippen LogP contribution in [0.5, 0.6) is 17.2 Å². The van der Waals surface area contributed by atoms with E-state index in [1.54, 1.807) is 48.3 Å². The van der Waals surface area contributed by atoms with E-state index < -0.39 is 18.5 Å². The Morgan fingerprint density at radius 1 is 0.861 bits per heavy atom. The average molecular weight is 488 g/mol. The van der Waals surface area contributed by atoms with Crippen LogP contribution >= 0.6 is 0 Å². The van der Waals surface area contributed by atoms with Gasteiger partial charge in [-0.2, -0.15) is 5.10 Å². The lowest BCUT2D eigenvalue weighted by atomic mass is 10.1. The van der Waals surface area contributed by atoms with Crippen molar-refractivity contribution >= 4 is 17.6 Å². The van der Waals surface area contributed by atoms with Gasteiger partial charge in [-0.3, -0.25) is 4.79 Å². The van der Waals surface area contributed by atoms with Crippen LogP contribution in [0.25, 0.3) is 16.9 Å². The number of amides is 1. The summed E-state index contributed by atoms with van der Waals surface area (Å²) >= 11 is 0. The molecule has 0 fully saturated rings. The predicted octanol–water partition coefficient (Wildman–Crippen LogP) is 4.36. The molecule has 9 heteroatoms. The second-order valence-electron chi connectivity index (χ2n) is 7.56. The van der Waals surface area contributed by atoms with Crippen LogP contribution in [-0.2, 0) is 9.53 Å². The van der Waals surface area contributed by atoms with Crippen molar-refractivity contribution in [3.63, 3.8) is 0 Å². The molecular weight excluding hydrogens is 462 g/mol. The van der Waals surface area contributed by atoms with Gasteiger partial charge in [-0.15, -0.1) is 0 Å². The SMILES string of the molecule is COc1ccc(NC(=O)COC(=O)c2cn(-c3ccccc3)nc2-c2ccccc2OC)c(OC)c1. The van der Waals surface area contributed by atoms with Crippen molar-refractivity contribution in [2.24, 2.45) is 0 Å². The van der Waals surface area contributed by atoms with Crippen molar-refractivity contribution in [3.8, 4) is 34.2 Å². The van der Waals surface area contributed by atoms with Crippen LogP contribution < -0.4 is 19.5 Å². The maximum atomic E-state index is 13.1. The Morgan fingerprint density at radius 2 is 1.58 bits per heavy atom. The number of ether oxygens (including phenoxy) is 4. The minimum absolute atomic E-state index is 0.193. The van der Waals surface area contributed by atoms with Crippen LogP contribution in [0.2, 0.25) is 0 Å². The number of rotatable bonds is 9. The lowest BCUT2D eigenvalue weighted by molar-refractivity contribution is -0.119. The number of esters is 1. The van der Waals surface area contributed by atoms with Crippen molar-refractivity contribution < 1.29 is 28.5 Å². The number of benzene rings is 3. The smallest absolute Gasteiger partial charge is 0.342 e. The van der Waals surface area contributed by atoms with Gasteiger partial charge in [-0.05, 0) is 36.4 Å². The summed E-state index contributed by atoms with van der Waals surface area (Å²) in [5.41, 5.74) is 2.37. The third-order valence-corrected chi connectivity index (χ3v) is 5.33. The molecule has 0 aliphatic rings. The number of methoxy groups -OCH3 is 3. The van der Waals surface area contributed by atoms with Crippen molar-refractivity contribution in [3.05, 3.63) is 84.6 Å². The van der Waals surface area contributed by atoms with Gasteiger partial charge in [0.2, 0.25) is 0 Å². The first-order valence-electron chi connectivity index (χ1n) is 11.0. The molecule has 3 aromatic carbocycles. The molecule has 0 spiro atoms. The van der Waals surface area contributed by atoms with E-state index in [0.29, 0.717) is 34.2 Å². The van der Waals surface area contributed by atoms with Crippen molar-refractivity contribution in [1.82, 2.24) is 9.78 Å². The third-order valence-electron chi connectivity index (χ3n) is 5.33. The fraction of sp³-hybridized carbons (Fsp3) is 0.148. The second-order valence-corrected chi connectivity index (χ2v) is 7.56. The molecule has 1 N–H and O–H groups in total. The first-order valence-corrected chi connectivity index (χ1v) is 11.0. The summed E-state index contributed by atoms with van der Waals surface area (Å²) in [5.74, 6) is 0.317. The summed E-state index contributed by atoms with van der Waals surface area (Å²) in [7, 11) is 4.56. The fourth-order valence-electron chi connectivity index (χ4n) is 3.57. The van der Waals surface area contributed by atoms with E-state index in [-0.39, 0.29) is 5.56 Å². The molecule has 0 saturated carbocycles. The van der Waals surface area contributed by atoms with Gasteiger partial charge in [0.05, 0.1) is 32.7 Å². The van der Waals surface area contributed by atoms with E-state index >= 15 is 0 Å². The van der Waals surface area contributed by atoms with E-state index in [4.69, 9.17) is 18.9 Å². The summed E-state index contributed by atoms with van der Waals surface area (Å²) in [6, 6.07) is 21.5. The Hall–Kier alpha value is -4.79. The molecule has 0 aliphatic carbocycles. The minimum Gasteiger partial charge on any atom is -0.497 e. The highest BCUT2D eigenvalue weighted by Crippen LogP contribution is 2.32. The summed E-state index contributed by atoms with van der Waals surface area (Å²) in [6.07, 6.45) is 1.57. The zero-order valence-corrected chi connectivity index (χ0v) is 20.1. The van der Waals surface area contributed by atoms with Crippen LogP contribution in [0.3, 0.4) is 0 Å². The summed E-state index contributed by atoms with van der Waals surface area (Å²) in [6.45, 7) is -0.504. The van der Waals surface area contributed by atoms with Crippen molar-refractivity contribution in [1.29, 1.82) is 0 Å². The summed E-state index contributed by atoms with van der Waals surface area (Å²) in [5, 5.41) is 7.30. The van der Waals surface area contributed by atoms with Crippen molar-refractivity contribution in [2.45, 2.75) is 0 Å². The molecule has 36 heavy (non-hydrogen) atoms. The predicted molar refractivity (Wildman–Crippen MR) is 134 cm³/mol. The van der Waals surface area contributed by atoms with Crippen LogP contribution in [-0.4, -0.2) is 49.6 Å². The van der Waals surface area contributed by atoms with E-state index in [1.807, 2.05) is 42.5 Å². The Kier molecular flexibility index (Phi) is 7.50. The number of aromatic nitrogens is 2. The van der Waals surface area contributed by atoms with Gasteiger partial charge in [0.25, 0.3) is 5.91 Å². The highest BCUT2D eigenvalue weighted by molar-refractivity contribution is 5.99. The average Bonchev–Trinajstić information content (AvgIpc) is 3.38. The van der Waals surface area contributed by atoms with Crippen LogP contribution in [0, 0.1) is 0 Å². The van der Waals surface area contributed by atoms with E-state index in [9.17, 15) is 9.59 Å². The highest BCUT2D eigenvalue weighted by Gasteiger charge is 2.23. The monoisotopic (exact) mass is 487 g/mol. The highest BCUT2D eigenvalue weighted by atomic mass is 16.5. The van der Waals surface area contributed by atoms with Gasteiger partial charge in [0.15, 0.2) is 6.61 Å². The largest absolute Gasteiger partial charge is 0.497 e. The number of hydrogen-bond acceptors (Lipinski definition) is 7. The topological polar surface area (TPSA) is 101 Å². The standard InChI is InChI=1S/C27H25N3O6/c1-33-19-13-14-22(24(15-19)35-3)28-25(31)17-36-27(32)21-16-30(18-9-5-4-6-10-18)29-26(21)20-11-7-8-12-23(20)34-2/h4-16H,17H2,1-3H3,(H,28,31). The van der Waals surface area contributed by atoms with Gasteiger partial charge < -0.3 is 24.3 Å². The Labute approximate surface area is 208 Å². The molecule has 0 radical (unpaired) electrons. The molecule has 4 aromatic rings. The maximum absolute atomic E-state index is 13.1. The minimum atomic E-state index is -0.699. The molecule has 1 aromatic heterocycles. The van der Waals surface area contributed by atoms with Crippen LogP contribution in [0.15, 0.2) is 79.0 Å². The molecule has 1 amide bonds. The van der Waals surface area contributed by atoms with Gasteiger partial charge in [0, 0.05) is 17.8 Å². The number of nitrogens with zero attached hydrogens (tertiary/aromatic N) is 2. The molecule has 1 heterocycles. The van der Waals surface area contributed by atoms with Gasteiger partial charge in [-0.25, -0.2) is 9.48 Å². The molecule has 184 valence electrons. The Bertz CT molecular complexity index is 1370. The maximum Gasteiger partial charge on any atom is 0.342 e. The molecule has 0 atom stereocenters. The second kappa shape index (κ2) is 11.1. The number of anilines is 1. The lowest BCUT2D eigenvalue weighted by Crippen LogP contribution is -2.21. The molecule has 0 aliphatic heterocycles. The fourth-order valence-corrected chi connectivity index (χ4v) is 3.57. The van der Waals surface area contributed by atoms with Gasteiger partial charge in [-0.1, -0.05) is 30.3 Å². The lowest BCUT2D eigenvalue weighted by Gasteiger charge is -2.12. The number of para-hydroxylation sites is 2. The normalized spacial score (nSPS) is 10.4. The number of carbonyl (C=O) groups excluding carboxylic acids is 2. The molecule has 0 unspecified atom stereocenters. The molecular formula is C27H25N3O6. The zero-order valence-electron chi connectivity index (χ0n) is 20.1. The first kappa shape index (κ1) is 24.3. The van der Waals surface area contributed by atoms with Crippen molar-refractivity contribution in [2.75, 3.05) is 33.3 Å². The third kappa shape index (κ3) is 5.30. The van der Waals surface area contributed by atoms with Crippen LogP contribution in [0.4, 0.5) is 5.69 Å². The van der Waals surface area contributed by atoms with E-state index in [2.05, 4.69) is 10.4 Å². The van der Waals surface area contributed by atoms with Gasteiger partial charge >= 0.3 is 5.97 Å². The molecule has 4 rings (SSSR count). The van der Waals surface area contributed by atoms with E-state index in [1.165, 1.54) is 14.2 Å². The first-order chi connectivity index (χ1) is 17.5. The summed E-state index contributed by atoms with van der Waals surface area (Å²) < 4.78 is 22.9. The number of hydrogen-bond donors (Lipinski definition) is 1. The zero-order chi connectivity index (χ0) is 25.5. The number of nitrogens with one attached hydrogen (secondary N) is 1. The Balaban J connectivity index is 1.56. The van der Waals surface area contributed by atoms with Crippen LogP contribution in [0.1, 0.15) is 10.4 Å². The Morgan fingerprint density at radius 3 is 2.31 bits per heavy atom.